The molecule has 0 atom stereocenters. The Morgan fingerprint density at radius 3 is 2.44 bits per heavy atom. The van der Waals surface area contributed by atoms with Crippen molar-refractivity contribution in [1.29, 1.82) is 0 Å². The Balaban J connectivity index is 1.87. The Morgan fingerprint density at radius 2 is 1.76 bits per heavy atom. The van der Waals surface area contributed by atoms with Crippen molar-refractivity contribution in [3.63, 3.8) is 0 Å². The van der Waals surface area contributed by atoms with Crippen molar-refractivity contribution >= 4 is 23.4 Å². The second kappa shape index (κ2) is 7.77. The molecule has 25 heavy (non-hydrogen) atoms. The smallest absolute Gasteiger partial charge is 0.296 e. The fourth-order valence-corrected chi connectivity index (χ4v) is 2.36. The summed E-state index contributed by atoms with van der Waals surface area (Å²) in [6, 6.07) is 15.4. The molecule has 0 saturated heterocycles. The van der Waals surface area contributed by atoms with Crippen molar-refractivity contribution in [1.82, 2.24) is 9.78 Å². The molecule has 0 radical (unpaired) electrons. The van der Waals surface area contributed by atoms with Gasteiger partial charge in [-0.3, -0.25) is 9.89 Å². The van der Waals surface area contributed by atoms with E-state index >= 15 is 0 Å². The number of aromatic nitrogens is 2. The average Bonchev–Trinajstić information content (AvgIpc) is 2.93. The molecule has 9 nitrogen and oxygen atoms in total. The third kappa shape index (κ3) is 3.95. The fraction of sp³-hybridized carbons (Fsp3) is 0. The van der Waals surface area contributed by atoms with E-state index in [0.29, 0.717) is 16.3 Å². The Bertz CT molecular complexity index is 921. The van der Waals surface area contributed by atoms with Crippen LogP contribution in [0.4, 0.5) is 11.4 Å². The lowest BCUT2D eigenvalue weighted by molar-refractivity contribution is -0.432. The number of hydrogen-bond acceptors (Lipinski definition) is 8. The number of aromatic amines is 1. The Labute approximate surface area is 145 Å². The molecule has 2 aromatic carbocycles. The highest BCUT2D eigenvalue weighted by atomic mass is 32.2. The lowest BCUT2D eigenvalue weighted by Gasteiger charge is -2.04. The first-order valence-electron chi connectivity index (χ1n) is 6.95. The van der Waals surface area contributed by atoms with Crippen LogP contribution in [0.1, 0.15) is 0 Å². The molecule has 10 heteroatoms. The normalized spacial score (nSPS) is 11.2. The highest BCUT2D eigenvalue weighted by molar-refractivity contribution is 7.94. The summed E-state index contributed by atoms with van der Waals surface area (Å²) >= 11 is 0.793. The average molecular weight is 360 g/mol. The van der Waals surface area contributed by atoms with E-state index in [1.807, 2.05) is 6.07 Å². The van der Waals surface area contributed by atoms with E-state index in [2.05, 4.69) is 24.7 Å². The minimum absolute atomic E-state index is 0.195. The van der Waals surface area contributed by atoms with Gasteiger partial charge in [0.1, 0.15) is 0 Å². The number of nitrogens with zero attached hydrogens (tertiary/aromatic N) is 3. The number of H-pyrrole nitrogens is 1. The minimum atomic E-state index is -0.576. The van der Waals surface area contributed by atoms with Gasteiger partial charge in [-0.15, -0.1) is 9.45 Å². The fourth-order valence-electron chi connectivity index (χ4n) is 2.00. The number of azo groups is 1. The standard InChI is InChI=1S/C15H12N4O5S/c20-14-13(17-16-10-4-2-1-3-5-10)15(21)19(18-14)11-6-8-12(9-7-11)25-24-23-22/h1-9,21-22H,(H,18,20). The van der Waals surface area contributed by atoms with Gasteiger partial charge in [0.25, 0.3) is 5.56 Å². The molecule has 0 spiro atoms. The van der Waals surface area contributed by atoms with Crippen LogP contribution in [0, 0.1) is 0 Å². The second-order valence-corrected chi connectivity index (χ2v) is 5.48. The van der Waals surface area contributed by atoms with Crippen molar-refractivity contribution < 1.29 is 19.7 Å². The third-order valence-electron chi connectivity index (χ3n) is 3.13. The topological polar surface area (TPSA) is 121 Å². The zero-order valence-corrected chi connectivity index (χ0v) is 13.4. The molecule has 0 aliphatic carbocycles. The summed E-state index contributed by atoms with van der Waals surface area (Å²) in [4.78, 5) is 12.6. The number of rotatable bonds is 6. The summed E-state index contributed by atoms with van der Waals surface area (Å²) in [5.41, 5.74) is 0.276. The Kier molecular flexibility index (Phi) is 5.26. The van der Waals surface area contributed by atoms with E-state index in [1.54, 1.807) is 48.5 Å². The van der Waals surface area contributed by atoms with Crippen LogP contribution >= 0.6 is 12.0 Å². The zero-order chi connectivity index (χ0) is 17.6. The molecule has 0 amide bonds. The van der Waals surface area contributed by atoms with Gasteiger partial charge >= 0.3 is 0 Å². The van der Waals surface area contributed by atoms with Crippen molar-refractivity contribution in [2.24, 2.45) is 10.2 Å². The summed E-state index contributed by atoms with van der Waals surface area (Å²) in [6.45, 7) is 0. The maximum atomic E-state index is 12.0. The first kappa shape index (κ1) is 16.9. The first-order chi connectivity index (χ1) is 12.2. The highest BCUT2D eigenvalue weighted by Gasteiger charge is 2.15. The van der Waals surface area contributed by atoms with Crippen LogP contribution in [0.25, 0.3) is 5.69 Å². The van der Waals surface area contributed by atoms with E-state index in [0.717, 1.165) is 12.0 Å². The number of benzene rings is 2. The molecular formula is C15H12N4O5S. The quantitative estimate of drug-likeness (QED) is 0.267. The Hall–Kier alpha value is -2.92. The molecule has 3 N–H and O–H groups in total. The van der Waals surface area contributed by atoms with Gasteiger partial charge in [0.05, 0.1) is 23.4 Å². The molecule has 0 unspecified atom stereocenters. The molecule has 1 aromatic heterocycles. The molecule has 128 valence electrons. The van der Waals surface area contributed by atoms with Crippen LogP contribution in [-0.2, 0) is 9.37 Å². The SMILES string of the molecule is O=c1[nH]n(-c2ccc(SOOO)cc2)c(O)c1N=Nc1ccccc1. The third-order valence-corrected chi connectivity index (χ3v) is 3.72. The van der Waals surface area contributed by atoms with E-state index in [9.17, 15) is 9.90 Å². The van der Waals surface area contributed by atoms with Crippen LogP contribution in [0.3, 0.4) is 0 Å². The van der Waals surface area contributed by atoms with Crippen molar-refractivity contribution in [3.8, 4) is 11.6 Å². The molecule has 0 aliphatic rings. The lowest BCUT2D eigenvalue weighted by atomic mass is 10.3. The van der Waals surface area contributed by atoms with E-state index in [-0.39, 0.29) is 11.6 Å². The Morgan fingerprint density at radius 1 is 1.04 bits per heavy atom. The first-order valence-corrected chi connectivity index (χ1v) is 7.69. The van der Waals surface area contributed by atoms with Gasteiger partial charge in [-0.05, 0) is 36.4 Å². The summed E-state index contributed by atoms with van der Waals surface area (Å²) in [6.07, 6.45) is 0. The number of hydrogen-bond donors (Lipinski definition) is 3. The molecular weight excluding hydrogens is 348 g/mol. The molecule has 0 fully saturated rings. The van der Waals surface area contributed by atoms with Crippen LogP contribution < -0.4 is 5.56 Å². The van der Waals surface area contributed by atoms with Crippen molar-refractivity contribution in [2.45, 2.75) is 4.90 Å². The largest absolute Gasteiger partial charge is 0.492 e. The van der Waals surface area contributed by atoms with Gasteiger partial charge < -0.3 is 5.11 Å². The van der Waals surface area contributed by atoms with Gasteiger partial charge in [-0.25, -0.2) is 9.94 Å². The molecule has 0 saturated carbocycles. The van der Waals surface area contributed by atoms with Crippen LogP contribution in [0.15, 0.2) is 74.5 Å². The van der Waals surface area contributed by atoms with Crippen LogP contribution in [0.5, 0.6) is 5.88 Å². The summed E-state index contributed by atoms with van der Waals surface area (Å²) in [5, 5.41) is 32.1. The lowest BCUT2D eigenvalue weighted by Crippen LogP contribution is -2.03. The van der Waals surface area contributed by atoms with Gasteiger partial charge in [0.15, 0.2) is 0 Å². The maximum absolute atomic E-state index is 12.0. The van der Waals surface area contributed by atoms with Crippen LogP contribution in [-0.4, -0.2) is 20.1 Å². The van der Waals surface area contributed by atoms with E-state index < -0.39 is 5.56 Å². The van der Waals surface area contributed by atoms with E-state index in [4.69, 9.17) is 5.26 Å². The highest BCUT2D eigenvalue weighted by Crippen LogP contribution is 2.28. The predicted octanol–water partition coefficient (Wildman–Crippen LogP) is 3.71. The molecule has 3 rings (SSSR count). The maximum Gasteiger partial charge on any atom is 0.296 e. The van der Waals surface area contributed by atoms with Gasteiger partial charge in [0.2, 0.25) is 11.6 Å². The summed E-state index contributed by atoms with van der Waals surface area (Å²) in [5.74, 6) is -0.361. The summed E-state index contributed by atoms with van der Waals surface area (Å²) in [7, 11) is 0. The van der Waals surface area contributed by atoms with E-state index in [1.165, 1.54) is 4.68 Å². The molecule has 1 heterocycles. The van der Waals surface area contributed by atoms with Gasteiger partial charge in [-0.1, -0.05) is 23.2 Å². The van der Waals surface area contributed by atoms with Crippen LogP contribution in [0.2, 0.25) is 0 Å². The van der Waals surface area contributed by atoms with Gasteiger partial charge in [0, 0.05) is 4.90 Å². The van der Waals surface area contributed by atoms with Crippen molar-refractivity contribution in [3.05, 3.63) is 65.0 Å². The molecule has 0 aliphatic heterocycles. The van der Waals surface area contributed by atoms with Gasteiger partial charge in [-0.2, -0.15) is 5.11 Å². The summed E-state index contributed by atoms with van der Waals surface area (Å²) < 4.78 is 5.50. The predicted molar refractivity (Wildman–Crippen MR) is 89.3 cm³/mol. The minimum Gasteiger partial charge on any atom is -0.492 e. The second-order valence-electron chi connectivity index (χ2n) is 4.70. The monoisotopic (exact) mass is 360 g/mol. The molecule has 3 aromatic rings. The van der Waals surface area contributed by atoms with Crippen molar-refractivity contribution in [2.75, 3.05) is 0 Å². The number of aromatic hydroxyl groups is 1. The zero-order valence-electron chi connectivity index (χ0n) is 12.6. The number of nitrogens with one attached hydrogen (secondary N) is 1. The molecule has 0 bridgehead atoms.